The number of aromatic nitrogens is 2. The van der Waals surface area contributed by atoms with Crippen LogP contribution < -0.4 is 5.73 Å². The van der Waals surface area contributed by atoms with Crippen LogP contribution in [0.5, 0.6) is 0 Å². The molecule has 0 aliphatic rings. The van der Waals surface area contributed by atoms with Crippen LogP contribution in [0.15, 0.2) is 28.8 Å². The summed E-state index contributed by atoms with van der Waals surface area (Å²) in [5.74, 6) is 0.447. The quantitative estimate of drug-likeness (QED) is 0.884. The highest BCUT2D eigenvalue weighted by Gasteiger charge is 2.18. The van der Waals surface area contributed by atoms with Crippen molar-refractivity contribution in [1.29, 1.82) is 0 Å². The van der Waals surface area contributed by atoms with Crippen LogP contribution in [0.1, 0.15) is 31.6 Å². The molecular formula is C13H16FN3O. The van der Waals surface area contributed by atoms with E-state index in [1.54, 1.807) is 18.2 Å². The largest absolute Gasteiger partial charge is 0.339 e. The van der Waals surface area contributed by atoms with Crippen molar-refractivity contribution < 1.29 is 8.91 Å². The van der Waals surface area contributed by atoms with Gasteiger partial charge in [0.1, 0.15) is 5.82 Å². The lowest BCUT2D eigenvalue weighted by Gasteiger charge is -2.06. The molecule has 0 fully saturated rings. The molecule has 0 aliphatic heterocycles. The number of benzene rings is 1. The van der Waals surface area contributed by atoms with Gasteiger partial charge >= 0.3 is 0 Å². The van der Waals surface area contributed by atoms with Gasteiger partial charge < -0.3 is 10.3 Å². The SMILES string of the molecule is CCCC(CN)c1nc(-c2ccccc2F)no1. The molecule has 5 heteroatoms. The van der Waals surface area contributed by atoms with Crippen molar-refractivity contribution in [1.82, 2.24) is 10.1 Å². The maximum atomic E-state index is 13.6. The molecule has 0 saturated carbocycles. The average Bonchev–Trinajstić information content (AvgIpc) is 2.85. The lowest BCUT2D eigenvalue weighted by Crippen LogP contribution is -2.12. The van der Waals surface area contributed by atoms with E-state index in [1.807, 2.05) is 0 Å². The van der Waals surface area contributed by atoms with Crippen LogP contribution in [0.4, 0.5) is 4.39 Å². The third kappa shape index (κ3) is 2.56. The molecule has 0 saturated heterocycles. The summed E-state index contributed by atoms with van der Waals surface area (Å²) in [6.07, 6.45) is 1.87. The second-order valence-electron chi connectivity index (χ2n) is 4.16. The van der Waals surface area contributed by atoms with Gasteiger partial charge in [0.15, 0.2) is 0 Å². The average molecular weight is 249 g/mol. The van der Waals surface area contributed by atoms with Crippen molar-refractivity contribution in [2.24, 2.45) is 5.73 Å². The summed E-state index contributed by atoms with van der Waals surface area (Å²) in [4.78, 5) is 4.23. The third-order valence-corrected chi connectivity index (χ3v) is 2.83. The molecule has 1 heterocycles. The van der Waals surface area contributed by atoms with Gasteiger partial charge in [-0.3, -0.25) is 0 Å². The van der Waals surface area contributed by atoms with Gasteiger partial charge in [-0.1, -0.05) is 30.6 Å². The Bertz CT molecular complexity index is 512. The van der Waals surface area contributed by atoms with Crippen LogP contribution in [0.25, 0.3) is 11.4 Å². The smallest absolute Gasteiger partial charge is 0.231 e. The van der Waals surface area contributed by atoms with Crippen molar-refractivity contribution in [3.05, 3.63) is 36.0 Å². The molecule has 1 aromatic carbocycles. The minimum absolute atomic E-state index is 0.0445. The Labute approximate surface area is 105 Å². The second kappa shape index (κ2) is 5.73. The second-order valence-corrected chi connectivity index (χ2v) is 4.16. The van der Waals surface area contributed by atoms with Gasteiger partial charge in [0.2, 0.25) is 11.7 Å². The Morgan fingerprint density at radius 3 is 2.83 bits per heavy atom. The van der Waals surface area contributed by atoms with E-state index >= 15 is 0 Å². The highest BCUT2D eigenvalue weighted by Crippen LogP contribution is 2.23. The fourth-order valence-corrected chi connectivity index (χ4v) is 1.84. The van der Waals surface area contributed by atoms with Crippen LogP contribution in [-0.2, 0) is 0 Å². The molecule has 0 spiro atoms. The zero-order valence-corrected chi connectivity index (χ0v) is 10.3. The van der Waals surface area contributed by atoms with E-state index in [-0.39, 0.29) is 17.6 Å². The first-order valence-corrected chi connectivity index (χ1v) is 6.04. The lowest BCUT2D eigenvalue weighted by molar-refractivity contribution is 0.347. The van der Waals surface area contributed by atoms with Gasteiger partial charge in [0.05, 0.1) is 11.5 Å². The summed E-state index contributed by atoms with van der Waals surface area (Å²) in [6, 6.07) is 6.36. The molecule has 2 N–H and O–H groups in total. The summed E-state index contributed by atoms with van der Waals surface area (Å²) < 4.78 is 18.7. The summed E-state index contributed by atoms with van der Waals surface area (Å²) in [5, 5.41) is 3.82. The monoisotopic (exact) mass is 249 g/mol. The van der Waals surface area contributed by atoms with E-state index in [4.69, 9.17) is 10.3 Å². The van der Waals surface area contributed by atoms with E-state index in [1.165, 1.54) is 6.07 Å². The molecule has 1 unspecified atom stereocenters. The molecule has 0 bridgehead atoms. The van der Waals surface area contributed by atoms with Crippen molar-refractivity contribution in [3.63, 3.8) is 0 Å². The van der Waals surface area contributed by atoms with Crippen molar-refractivity contribution >= 4 is 0 Å². The number of nitrogens with zero attached hydrogens (tertiary/aromatic N) is 2. The molecule has 4 nitrogen and oxygen atoms in total. The Morgan fingerprint density at radius 2 is 2.17 bits per heavy atom. The van der Waals surface area contributed by atoms with Gasteiger partial charge in [0, 0.05) is 6.54 Å². The maximum Gasteiger partial charge on any atom is 0.231 e. The molecule has 1 aromatic heterocycles. The van der Waals surface area contributed by atoms with Crippen LogP contribution in [0.3, 0.4) is 0 Å². The minimum atomic E-state index is -0.357. The predicted octanol–water partition coefficient (Wildman–Crippen LogP) is 2.72. The Hall–Kier alpha value is -1.75. The van der Waals surface area contributed by atoms with Crippen LogP contribution in [0, 0.1) is 5.82 Å². The highest BCUT2D eigenvalue weighted by atomic mass is 19.1. The Kier molecular flexibility index (Phi) is 4.04. The van der Waals surface area contributed by atoms with Crippen LogP contribution in [0.2, 0.25) is 0 Å². The molecule has 18 heavy (non-hydrogen) atoms. The van der Waals surface area contributed by atoms with Gasteiger partial charge in [-0.15, -0.1) is 0 Å². The van der Waals surface area contributed by atoms with Gasteiger partial charge in [0.25, 0.3) is 0 Å². The molecule has 0 aliphatic carbocycles. The Morgan fingerprint density at radius 1 is 1.39 bits per heavy atom. The zero-order valence-electron chi connectivity index (χ0n) is 10.3. The molecule has 1 atom stereocenters. The normalized spacial score (nSPS) is 12.6. The van der Waals surface area contributed by atoms with Gasteiger partial charge in [-0.05, 0) is 18.6 Å². The number of nitrogens with two attached hydrogens (primary N) is 1. The summed E-state index contributed by atoms with van der Waals surface area (Å²) in [5.41, 5.74) is 6.01. The fourth-order valence-electron chi connectivity index (χ4n) is 1.84. The number of halogens is 1. The van der Waals surface area contributed by atoms with Crippen molar-refractivity contribution in [2.75, 3.05) is 6.54 Å². The summed E-state index contributed by atoms with van der Waals surface area (Å²) in [6.45, 7) is 2.52. The first kappa shape index (κ1) is 12.7. The van der Waals surface area contributed by atoms with E-state index < -0.39 is 0 Å². The number of hydrogen-bond donors (Lipinski definition) is 1. The number of hydrogen-bond acceptors (Lipinski definition) is 4. The predicted molar refractivity (Wildman–Crippen MR) is 66.4 cm³/mol. The third-order valence-electron chi connectivity index (χ3n) is 2.83. The molecular weight excluding hydrogens is 233 g/mol. The standard InChI is InChI=1S/C13H16FN3O/c1-2-5-9(8-15)13-16-12(17-18-13)10-6-3-4-7-11(10)14/h3-4,6-7,9H,2,5,8,15H2,1H3. The summed E-state index contributed by atoms with van der Waals surface area (Å²) in [7, 11) is 0. The number of rotatable bonds is 5. The van der Waals surface area contributed by atoms with E-state index in [0.29, 0.717) is 18.0 Å². The van der Waals surface area contributed by atoms with Gasteiger partial charge in [-0.25, -0.2) is 4.39 Å². The Balaban J connectivity index is 2.28. The first-order valence-electron chi connectivity index (χ1n) is 6.04. The molecule has 2 rings (SSSR count). The minimum Gasteiger partial charge on any atom is -0.339 e. The molecule has 96 valence electrons. The molecule has 0 radical (unpaired) electrons. The zero-order chi connectivity index (χ0) is 13.0. The fraction of sp³-hybridized carbons (Fsp3) is 0.385. The van der Waals surface area contributed by atoms with Gasteiger partial charge in [-0.2, -0.15) is 4.98 Å². The summed E-state index contributed by atoms with van der Waals surface area (Å²) >= 11 is 0. The van der Waals surface area contributed by atoms with Crippen molar-refractivity contribution in [2.45, 2.75) is 25.7 Å². The lowest BCUT2D eigenvalue weighted by atomic mass is 10.0. The van der Waals surface area contributed by atoms with E-state index in [9.17, 15) is 4.39 Å². The van der Waals surface area contributed by atoms with E-state index in [0.717, 1.165) is 12.8 Å². The topological polar surface area (TPSA) is 64.9 Å². The highest BCUT2D eigenvalue weighted by molar-refractivity contribution is 5.54. The first-order chi connectivity index (χ1) is 8.76. The van der Waals surface area contributed by atoms with Crippen LogP contribution in [-0.4, -0.2) is 16.7 Å². The van der Waals surface area contributed by atoms with Crippen LogP contribution >= 0.6 is 0 Å². The molecule has 2 aromatic rings. The van der Waals surface area contributed by atoms with E-state index in [2.05, 4.69) is 17.1 Å². The maximum absolute atomic E-state index is 13.6. The molecule has 0 amide bonds. The van der Waals surface area contributed by atoms with Crippen molar-refractivity contribution in [3.8, 4) is 11.4 Å².